The normalized spacial score (nSPS) is 10.8. The van der Waals surface area contributed by atoms with E-state index >= 15 is 0 Å². The lowest BCUT2D eigenvalue weighted by Crippen LogP contribution is -2.01. The molecule has 130 valence electrons. The Hall–Kier alpha value is -2.37. The highest BCUT2D eigenvalue weighted by atomic mass is 35.5. The molecule has 0 radical (unpaired) electrons. The van der Waals surface area contributed by atoms with E-state index in [2.05, 4.69) is 22.3 Å². The minimum Gasteiger partial charge on any atom is -0.483 e. The molecule has 0 unspecified atom stereocenters. The minimum atomic E-state index is 0.212. The zero-order valence-corrected chi connectivity index (χ0v) is 14.7. The van der Waals surface area contributed by atoms with E-state index in [0.29, 0.717) is 29.8 Å². The fraction of sp³-hybridized carbons (Fsp3) is 0.263. The van der Waals surface area contributed by atoms with E-state index in [1.807, 2.05) is 36.4 Å². The lowest BCUT2D eigenvalue weighted by molar-refractivity contribution is 0.199. The first-order chi connectivity index (χ1) is 12.2. The molecule has 3 aromatic rings. The lowest BCUT2D eigenvalue weighted by atomic mass is 10.0. The summed E-state index contributed by atoms with van der Waals surface area (Å²) in [6.45, 7) is 0.766. The second kappa shape index (κ2) is 8.65. The van der Waals surface area contributed by atoms with Gasteiger partial charge in [0.25, 0.3) is 5.89 Å². The average Bonchev–Trinajstić information content (AvgIpc) is 3.08. The molecule has 2 aromatic carbocycles. The summed E-state index contributed by atoms with van der Waals surface area (Å²) in [7, 11) is 1.64. The summed E-state index contributed by atoms with van der Waals surface area (Å²) in [5, 5.41) is 4.58. The van der Waals surface area contributed by atoms with E-state index in [1.54, 1.807) is 7.11 Å². The Bertz CT molecular complexity index is 805. The molecule has 0 atom stereocenters. The van der Waals surface area contributed by atoms with Gasteiger partial charge in [0.2, 0.25) is 0 Å². The van der Waals surface area contributed by atoms with Gasteiger partial charge in [-0.3, -0.25) is 0 Å². The first kappa shape index (κ1) is 17.5. The number of methoxy groups -OCH3 is 1. The van der Waals surface area contributed by atoms with E-state index in [-0.39, 0.29) is 6.61 Å². The van der Waals surface area contributed by atoms with E-state index in [1.165, 1.54) is 5.56 Å². The van der Waals surface area contributed by atoms with E-state index in [4.69, 9.17) is 25.6 Å². The maximum Gasteiger partial charge on any atom is 0.264 e. The molecular formula is C19H19ClN2O3. The summed E-state index contributed by atoms with van der Waals surface area (Å²) < 4.78 is 16.1. The van der Waals surface area contributed by atoms with Gasteiger partial charge in [-0.25, -0.2) is 0 Å². The van der Waals surface area contributed by atoms with Gasteiger partial charge in [-0.15, -0.1) is 0 Å². The Kier molecular flexibility index (Phi) is 6.04. The van der Waals surface area contributed by atoms with Crippen LogP contribution in [0.3, 0.4) is 0 Å². The van der Waals surface area contributed by atoms with Crippen LogP contribution in [0.25, 0.3) is 0 Å². The van der Waals surface area contributed by atoms with Gasteiger partial charge >= 0.3 is 0 Å². The molecule has 25 heavy (non-hydrogen) atoms. The van der Waals surface area contributed by atoms with Crippen molar-refractivity contribution in [3.05, 3.63) is 76.4 Å². The molecular weight excluding hydrogens is 340 g/mol. The standard InChI is InChI=1S/C19H19ClN2O3/c1-23-10-9-18-21-19(25-22-18)13-24-17-8-7-16(20)12-15(17)11-14-5-3-2-4-6-14/h2-8,12H,9-11,13H2,1H3. The van der Waals surface area contributed by atoms with Crippen molar-refractivity contribution in [1.29, 1.82) is 0 Å². The van der Waals surface area contributed by atoms with Crippen molar-refractivity contribution in [2.45, 2.75) is 19.4 Å². The molecule has 3 rings (SSSR count). The van der Waals surface area contributed by atoms with E-state index < -0.39 is 0 Å². The molecule has 5 nitrogen and oxygen atoms in total. The predicted molar refractivity (Wildman–Crippen MR) is 94.9 cm³/mol. The molecule has 0 aliphatic carbocycles. The SMILES string of the molecule is COCCc1noc(COc2ccc(Cl)cc2Cc2ccccc2)n1. The lowest BCUT2D eigenvalue weighted by Gasteiger charge is -2.11. The Labute approximate surface area is 151 Å². The third kappa shape index (κ3) is 5.05. The van der Waals surface area contributed by atoms with Gasteiger partial charge in [0.1, 0.15) is 5.75 Å². The number of ether oxygens (including phenoxy) is 2. The van der Waals surface area contributed by atoms with Gasteiger partial charge in [0.05, 0.1) is 6.61 Å². The monoisotopic (exact) mass is 358 g/mol. The van der Waals surface area contributed by atoms with Crippen LogP contribution < -0.4 is 4.74 Å². The quantitative estimate of drug-likeness (QED) is 0.607. The maximum atomic E-state index is 6.14. The van der Waals surface area contributed by atoms with Gasteiger partial charge in [-0.2, -0.15) is 4.98 Å². The van der Waals surface area contributed by atoms with Crippen molar-refractivity contribution >= 4 is 11.6 Å². The summed E-state index contributed by atoms with van der Waals surface area (Å²) in [5.41, 5.74) is 2.20. The Balaban J connectivity index is 1.68. The fourth-order valence-corrected chi connectivity index (χ4v) is 2.62. The molecule has 1 aromatic heterocycles. The van der Waals surface area contributed by atoms with Crippen molar-refractivity contribution in [2.75, 3.05) is 13.7 Å². The smallest absolute Gasteiger partial charge is 0.264 e. The van der Waals surface area contributed by atoms with Crippen LogP contribution in [-0.2, 0) is 24.2 Å². The van der Waals surface area contributed by atoms with Crippen molar-refractivity contribution in [3.8, 4) is 5.75 Å². The largest absolute Gasteiger partial charge is 0.483 e. The van der Waals surface area contributed by atoms with E-state index in [9.17, 15) is 0 Å². The fourth-order valence-electron chi connectivity index (χ4n) is 2.43. The van der Waals surface area contributed by atoms with Crippen LogP contribution in [0.2, 0.25) is 5.02 Å². The predicted octanol–water partition coefficient (Wildman–Crippen LogP) is 4.08. The summed E-state index contributed by atoms with van der Waals surface area (Å²) in [5.74, 6) is 1.80. The van der Waals surface area contributed by atoms with Crippen LogP contribution in [0.5, 0.6) is 5.75 Å². The zero-order valence-electron chi connectivity index (χ0n) is 13.9. The number of benzene rings is 2. The molecule has 0 saturated carbocycles. The van der Waals surface area contributed by atoms with Crippen LogP contribution in [0.15, 0.2) is 53.1 Å². The van der Waals surface area contributed by atoms with Gasteiger partial charge in [0, 0.05) is 25.0 Å². The van der Waals surface area contributed by atoms with Gasteiger partial charge in [-0.05, 0) is 29.3 Å². The van der Waals surface area contributed by atoms with Crippen molar-refractivity contribution in [2.24, 2.45) is 0 Å². The van der Waals surface area contributed by atoms with Gasteiger partial charge < -0.3 is 14.0 Å². The Morgan fingerprint density at radius 3 is 2.76 bits per heavy atom. The van der Waals surface area contributed by atoms with Crippen LogP contribution in [-0.4, -0.2) is 23.9 Å². The average molecular weight is 359 g/mol. The molecule has 6 heteroatoms. The molecule has 0 fully saturated rings. The first-order valence-corrected chi connectivity index (χ1v) is 8.38. The highest BCUT2D eigenvalue weighted by Gasteiger charge is 2.10. The van der Waals surface area contributed by atoms with Crippen LogP contribution >= 0.6 is 11.6 Å². The highest BCUT2D eigenvalue weighted by molar-refractivity contribution is 6.30. The van der Waals surface area contributed by atoms with Crippen LogP contribution in [0.4, 0.5) is 0 Å². The summed E-state index contributed by atoms with van der Waals surface area (Å²) in [6.07, 6.45) is 1.35. The second-order valence-corrected chi connectivity index (χ2v) is 5.99. The third-order valence-corrected chi connectivity index (χ3v) is 3.89. The molecule has 1 heterocycles. The number of hydrogen-bond acceptors (Lipinski definition) is 5. The summed E-state index contributed by atoms with van der Waals surface area (Å²) in [6, 6.07) is 15.8. The van der Waals surface area contributed by atoms with Crippen LogP contribution in [0.1, 0.15) is 22.8 Å². The van der Waals surface area contributed by atoms with Crippen molar-refractivity contribution in [1.82, 2.24) is 10.1 Å². The topological polar surface area (TPSA) is 57.4 Å². The van der Waals surface area contributed by atoms with Gasteiger partial charge in [-0.1, -0.05) is 47.1 Å². The Morgan fingerprint density at radius 1 is 1.12 bits per heavy atom. The Morgan fingerprint density at radius 2 is 1.96 bits per heavy atom. The minimum absolute atomic E-state index is 0.212. The number of nitrogens with zero attached hydrogens (tertiary/aromatic N) is 2. The molecule has 0 aliphatic heterocycles. The molecule has 0 saturated heterocycles. The molecule has 0 N–H and O–H groups in total. The molecule has 0 bridgehead atoms. The van der Waals surface area contributed by atoms with E-state index in [0.717, 1.165) is 17.7 Å². The summed E-state index contributed by atoms with van der Waals surface area (Å²) in [4.78, 5) is 4.29. The number of rotatable bonds is 8. The zero-order chi connectivity index (χ0) is 17.5. The number of hydrogen-bond donors (Lipinski definition) is 0. The number of halogens is 1. The highest BCUT2D eigenvalue weighted by Crippen LogP contribution is 2.26. The van der Waals surface area contributed by atoms with Gasteiger partial charge in [0.15, 0.2) is 12.4 Å². The first-order valence-electron chi connectivity index (χ1n) is 8.00. The third-order valence-electron chi connectivity index (χ3n) is 3.65. The molecule has 0 amide bonds. The second-order valence-electron chi connectivity index (χ2n) is 5.55. The number of aromatic nitrogens is 2. The van der Waals surface area contributed by atoms with Crippen LogP contribution in [0, 0.1) is 0 Å². The maximum absolute atomic E-state index is 6.14. The van der Waals surface area contributed by atoms with Crippen molar-refractivity contribution < 1.29 is 14.0 Å². The van der Waals surface area contributed by atoms with Crippen molar-refractivity contribution in [3.63, 3.8) is 0 Å². The molecule has 0 aliphatic rings. The molecule has 0 spiro atoms. The summed E-state index contributed by atoms with van der Waals surface area (Å²) >= 11 is 6.14.